The molecule has 1 unspecified atom stereocenters. The molecule has 1 aliphatic rings. The summed E-state index contributed by atoms with van der Waals surface area (Å²) in [5, 5.41) is 9.26. The summed E-state index contributed by atoms with van der Waals surface area (Å²) in [6.45, 7) is 3.40. The van der Waals surface area contributed by atoms with Crippen LogP contribution in [0.5, 0.6) is 0 Å². The minimum absolute atomic E-state index is 0.117. The number of hydrogen-bond acceptors (Lipinski definition) is 4. The molecule has 1 aromatic heterocycles. The number of aromatic nitrogens is 1. The molecule has 1 N–H and O–H groups in total. The molecule has 1 aliphatic carbocycles. The number of rotatable bonds is 7. The monoisotopic (exact) mass is 264 g/mol. The van der Waals surface area contributed by atoms with Crippen LogP contribution in [0, 0.1) is 5.92 Å². The third-order valence-corrected chi connectivity index (χ3v) is 3.63. The van der Waals surface area contributed by atoms with E-state index in [0.717, 1.165) is 0 Å². The Bertz CT molecular complexity index is 446. The topological polar surface area (TPSA) is 62.7 Å². The largest absolute Gasteiger partial charge is 0.476 e. The van der Waals surface area contributed by atoms with Gasteiger partial charge in [0.1, 0.15) is 0 Å². The standard InChI is InChI=1S/C14H20N2O3/c1-10(11-5-6-11)16(8-9-19-2)12-4-3-7-15-13(12)14(17)18/h3-4,7,10-11H,5-6,8-9H2,1-2H3,(H,17,18). The molecule has 0 spiro atoms. The van der Waals surface area contributed by atoms with Crippen molar-refractivity contribution in [3.63, 3.8) is 0 Å². The molecule has 1 saturated carbocycles. The maximum Gasteiger partial charge on any atom is 0.356 e. The van der Waals surface area contributed by atoms with E-state index in [1.54, 1.807) is 13.2 Å². The summed E-state index contributed by atoms with van der Waals surface area (Å²) in [4.78, 5) is 17.4. The Kier molecular flexibility index (Phi) is 4.37. The lowest BCUT2D eigenvalue weighted by Crippen LogP contribution is -2.38. The van der Waals surface area contributed by atoms with E-state index < -0.39 is 5.97 Å². The number of carboxylic acids is 1. The number of ether oxygens (including phenoxy) is 1. The van der Waals surface area contributed by atoms with Crippen molar-refractivity contribution >= 4 is 11.7 Å². The first-order valence-electron chi connectivity index (χ1n) is 6.59. The van der Waals surface area contributed by atoms with Crippen molar-refractivity contribution in [3.8, 4) is 0 Å². The average molecular weight is 264 g/mol. The van der Waals surface area contributed by atoms with Crippen LogP contribution in [0.2, 0.25) is 0 Å². The molecule has 0 radical (unpaired) electrons. The molecule has 19 heavy (non-hydrogen) atoms. The summed E-state index contributed by atoms with van der Waals surface area (Å²) in [6, 6.07) is 3.92. The highest BCUT2D eigenvalue weighted by atomic mass is 16.5. The van der Waals surface area contributed by atoms with Crippen LogP contribution in [0.3, 0.4) is 0 Å². The molecular weight excluding hydrogens is 244 g/mol. The van der Waals surface area contributed by atoms with Crippen LogP contribution in [0.25, 0.3) is 0 Å². The van der Waals surface area contributed by atoms with Gasteiger partial charge in [-0.25, -0.2) is 9.78 Å². The van der Waals surface area contributed by atoms with Gasteiger partial charge in [0.15, 0.2) is 5.69 Å². The third kappa shape index (κ3) is 3.23. The Morgan fingerprint density at radius 1 is 1.63 bits per heavy atom. The number of nitrogens with zero attached hydrogens (tertiary/aromatic N) is 2. The van der Waals surface area contributed by atoms with Gasteiger partial charge in [-0.05, 0) is 37.8 Å². The van der Waals surface area contributed by atoms with Gasteiger partial charge in [0.25, 0.3) is 0 Å². The van der Waals surface area contributed by atoms with Crippen LogP contribution < -0.4 is 4.90 Å². The lowest BCUT2D eigenvalue weighted by atomic mass is 10.1. The van der Waals surface area contributed by atoms with E-state index in [2.05, 4.69) is 16.8 Å². The van der Waals surface area contributed by atoms with E-state index in [-0.39, 0.29) is 5.69 Å². The van der Waals surface area contributed by atoms with Crippen LogP contribution in [-0.2, 0) is 4.74 Å². The van der Waals surface area contributed by atoms with Crippen molar-refractivity contribution in [3.05, 3.63) is 24.0 Å². The molecule has 0 amide bonds. The summed E-state index contributed by atoms with van der Waals surface area (Å²) < 4.78 is 5.13. The van der Waals surface area contributed by atoms with Gasteiger partial charge in [-0.15, -0.1) is 0 Å². The maximum atomic E-state index is 11.3. The van der Waals surface area contributed by atoms with E-state index in [0.29, 0.717) is 30.8 Å². The number of anilines is 1. The van der Waals surface area contributed by atoms with Crippen LogP contribution >= 0.6 is 0 Å². The molecule has 104 valence electrons. The molecule has 1 fully saturated rings. The molecule has 0 aromatic carbocycles. The number of pyridine rings is 1. The summed E-state index contributed by atoms with van der Waals surface area (Å²) in [6.07, 6.45) is 3.95. The van der Waals surface area contributed by atoms with Gasteiger partial charge in [-0.1, -0.05) is 0 Å². The molecule has 2 rings (SSSR count). The maximum absolute atomic E-state index is 11.3. The van der Waals surface area contributed by atoms with Gasteiger partial charge in [-0.2, -0.15) is 0 Å². The summed E-state index contributed by atoms with van der Waals surface area (Å²) in [5.74, 6) is -0.334. The fourth-order valence-corrected chi connectivity index (χ4v) is 2.36. The molecule has 1 heterocycles. The Labute approximate surface area is 113 Å². The number of carbonyl (C=O) groups is 1. The smallest absolute Gasteiger partial charge is 0.356 e. The van der Waals surface area contributed by atoms with Gasteiger partial charge in [0, 0.05) is 25.9 Å². The van der Waals surface area contributed by atoms with Crippen molar-refractivity contribution in [2.75, 3.05) is 25.2 Å². The van der Waals surface area contributed by atoms with Crippen molar-refractivity contribution in [2.24, 2.45) is 5.92 Å². The zero-order valence-corrected chi connectivity index (χ0v) is 11.4. The van der Waals surface area contributed by atoms with Crippen molar-refractivity contribution in [1.82, 2.24) is 4.98 Å². The highest BCUT2D eigenvalue weighted by molar-refractivity contribution is 5.92. The Morgan fingerprint density at radius 3 is 2.95 bits per heavy atom. The van der Waals surface area contributed by atoms with Gasteiger partial charge in [0.2, 0.25) is 0 Å². The molecule has 1 aromatic rings. The second-order valence-electron chi connectivity index (χ2n) is 4.94. The van der Waals surface area contributed by atoms with E-state index in [4.69, 9.17) is 4.74 Å². The van der Waals surface area contributed by atoms with Crippen LogP contribution in [-0.4, -0.2) is 42.4 Å². The first kappa shape index (κ1) is 13.8. The first-order chi connectivity index (χ1) is 9.15. The molecular formula is C14H20N2O3. The highest BCUT2D eigenvalue weighted by Gasteiger charge is 2.33. The number of carboxylic acid groups (broad SMARTS) is 1. The van der Waals surface area contributed by atoms with Gasteiger partial charge in [-0.3, -0.25) is 0 Å². The quantitative estimate of drug-likeness (QED) is 0.816. The predicted molar refractivity (Wildman–Crippen MR) is 72.6 cm³/mol. The molecule has 0 saturated heterocycles. The van der Waals surface area contributed by atoms with Gasteiger partial charge < -0.3 is 14.7 Å². The van der Waals surface area contributed by atoms with Crippen LogP contribution in [0.4, 0.5) is 5.69 Å². The summed E-state index contributed by atoms with van der Waals surface area (Å²) in [7, 11) is 1.65. The third-order valence-electron chi connectivity index (χ3n) is 3.63. The fourth-order valence-electron chi connectivity index (χ4n) is 2.36. The van der Waals surface area contributed by atoms with Gasteiger partial charge >= 0.3 is 5.97 Å². The first-order valence-corrected chi connectivity index (χ1v) is 6.59. The zero-order chi connectivity index (χ0) is 13.8. The summed E-state index contributed by atoms with van der Waals surface area (Å²) in [5.41, 5.74) is 0.803. The van der Waals surface area contributed by atoms with Crippen LogP contribution in [0.15, 0.2) is 18.3 Å². The minimum Gasteiger partial charge on any atom is -0.476 e. The van der Waals surface area contributed by atoms with Crippen molar-refractivity contribution < 1.29 is 14.6 Å². The van der Waals surface area contributed by atoms with E-state index in [1.165, 1.54) is 19.0 Å². The zero-order valence-electron chi connectivity index (χ0n) is 11.4. The number of hydrogen-bond donors (Lipinski definition) is 1. The highest BCUT2D eigenvalue weighted by Crippen LogP contribution is 2.37. The molecule has 0 aliphatic heterocycles. The van der Waals surface area contributed by atoms with Crippen molar-refractivity contribution in [1.29, 1.82) is 0 Å². The Balaban J connectivity index is 2.28. The lowest BCUT2D eigenvalue weighted by molar-refractivity contribution is 0.0691. The van der Waals surface area contributed by atoms with Crippen LogP contribution in [0.1, 0.15) is 30.3 Å². The second-order valence-corrected chi connectivity index (χ2v) is 4.94. The molecule has 5 heteroatoms. The number of methoxy groups -OCH3 is 1. The molecule has 0 bridgehead atoms. The molecule has 1 atom stereocenters. The normalized spacial score (nSPS) is 16.1. The molecule has 5 nitrogen and oxygen atoms in total. The van der Waals surface area contributed by atoms with Crippen molar-refractivity contribution in [2.45, 2.75) is 25.8 Å². The average Bonchev–Trinajstić information content (AvgIpc) is 3.23. The summed E-state index contributed by atoms with van der Waals surface area (Å²) >= 11 is 0. The second kappa shape index (κ2) is 6.02. The predicted octanol–water partition coefficient (Wildman–Crippen LogP) is 2.03. The fraction of sp³-hybridized carbons (Fsp3) is 0.571. The minimum atomic E-state index is -0.985. The Hall–Kier alpha value is -1.62. The SMILES string of the molecule is COCCN(c1cccnc1C(=O)O)C(C)C1CC1. The van der Waals surface area contributed by atoms with E-state index >= 15 is 0 Å². The van der Waals surface area contributed by atoms with E-state index in [9.17, 15) is 9.90 Å². The van der Waals surface area contributed by atoms with Gasteiger partial charge in [0.05, 0.1) is 12.3 Å². The number of aromatic carboxylic acids is 1. The lowest BCUT2D eigenvalue weighted by Gasteiger charge is -2.32. The Morgan fingerprint density at radius 2 is 2.37 bits per heavy atom. The van der Waals surface area contributed by atoms with E-state index in [1.807, 2.05) is 6.07 Å².